The number of carbonyl (C=O) groups is 2. The van der Waals surface area contributed by atoms with E-state index in [4.69, 9.17) is 5.73 Å². The fourth-order valence-electron chi connectivity index (χ4n) is 1.77. The van der Waals surface area contributed by atoms with E-state index in [1.54, 1.807) is 12.1 Å². The van der Waals surface area contributed by atoms with Crippen molar-refractivity contribution in [3.63, 3.8) is 0 Å². The highest BCUT2D eigenvalue weighted by Gasteiger charge is 2.14. The highest BCUT2D eigenvalue weighted by molar-refractivity contribution is 6.11. The average Bonchev–Trinajstić information content (AvgIpc) is 2.41. The van der Waals surface area contributed by atoms with Crippen LogP contribution >= 0.6 is 0 Å². The van der Waals surface area contributed by atoms with Crippen LogP contribution in [0.2, 0.25) is 0 Å². The summed E-state index contributed by atoms with van der Waals surface area (Å²) in [6, 6.07) is 10.8. The molecule has 0 spiro atoms. The number of hydrogen-bond acceptors (Lipinski definition) is 3. The van der Waals surface area contributed by atoms with Gasteiger partial charge in [-0.3, -0.25) is 9.59 Å². The third-order valence-electron chi connectivity index (χ3n) is 2.83. The van der Waals surface area contributed by atoms with E-state index in [0.29, 0.717) is 11.1 Å². The number of primary amides is 1. The first-order valence-corrected chi connectivity index (χ1v) is 5.73. The number of ketones is 1. The quantitative estimate of drug-likeness (QED) is 0.823. The molecular formula is C15H13NO3. The molecule has 0 saturated carbocycles. The summed E-state index contributed by atoms with van der Waals surface area (Å²) in [6.45, 7) is 1.84. The standard InChI is InChI=1S/C15H13NO3/c1-9-2-7-13(17)12(8-9)14(18)10-3-5-11(6-4-10)15(16)19/h2-8,17H,1H3,(H2,16,19). The van der Waals surface area contributed by atoms with Crippen LogP contribution in [0.15, 0.2) is 42.5 Å². The summed E-state index contributed by atoms with van der Waals surface area (Å²) in [7, 11) is 0. The summed E-state index contributed by atoms with van der Waals surface area (Å²) in [4.78, 5) is 23.2. The van der Waals surface area contributed by atoms with Crippen molar-refractivity contribution in [1.29, 1.82) is 0 Å². The normalized spacial score (nSPS) is 10.2. The molecule has 4 nitrogen and oxygen atoms in total. The van der Waals surface area contributed by atoms with E-state index in [1.165, 1.54) is 30.3 Å². The molecule has 0 fully saturated rings. The second-order valence-electron chi connectivity index (χ2n) is 4.29. The lowest BCUT2D eigenvalue weighted by Crippen LogP contribution is -2.11. The maximum Gasteiger partial charge on any atom is 0.248 e. The van der Waals surface area contributed by atoms with E-state index in [9.17, 15) is 14.7 Å². The van der Waals surface area contributed by atoms with E-state index in [1.807, 2.05) is 6.92 Å². The highest BCUT2D eigenvalue weighted by atomic mass is 16.3. The molecule has 0 atom stereocenters. The number of aromatic hydroxyl groups is 1. The van der Waals surface area contributed by atoms with Gasteiger partial charge in [0.25, 0.3) is 0 Å². The molecule has 3 N–H and O–H groups in total. The molecular weight excluding hydrogens is 242 g/mol. The summed E-state index contributed by atoms with van der Waals surface area (Å²) in [5, 5.41) is 9.71. The number of nitrogens with two attached hydrogens (primary N) is 1. The number of amides is 1. The van der Waals surface area contributed by atoms with Crippen molar-refractivity contribution in [3.8, 4) is 5.75 Å². The van der Waals surface area contributed by atoms with Gasteiger partial charge < -0.3 is 10.8 Å². The van der Waals surface area contributed by atoms with E-state index < -0.39 is 5.91 Å². The van der Waals surface area contributed by atoms with Gasteiger partial charge >= 0.3 is 0 Å². The van der Waals surface area contributed by atoms with Gasteiger partial charge in [-0.25, -0.2) is 0 Å². The third-order valence-corrected chi connectivity index (χ3v) is 2.83. The first-order valence-electron chi connectivity index (χ1n) is 5.73. The third kappa shape index (κ3) is 2.63. The summed E-state index contributed by atoms with van der Waals surface area (Å²) in [5.41, 5.74) is 6.99. The molecule has 0 unspecified atom stereocenters. The predicted molar refractivity (Wildman–Crippen MR) is 71.2 cm³/mol. The molecule has 1 amide bonds. The Labute approximate surface area is 110 Å². The van der Waals surface area contributed by atoms with E-state index in [0.717, 1.165) is 5.56 Å². The zero-order valence-electron chi connectivity index (χ0n) is 10.4. The van der Waals surface area contributed by atoms with Crippen molar-refractivity contribution in [2.75, 3.05) is 0 Å². The summed E-state index contributed by atoms with van der Waals surface area (Å²) >= 11 is 0. The molecule has 96 valence electrons. The Kier molecular flexibility index (Phi) is 3.33. The average molecular weight is 255 g/mol. The molecule has 0 saturated heterocycles. The van der Waals surface area contributed by atoms with Gasteiger partial charge in [-0.1, -0.05) is 23.8 Å². The molecule has 19 heavy (non-hydrogen) atoms. The van der Waals surface area contributed by atoms with Crippen LogP contribution < -0.4 is 5.73 Å². The largest absolute Gasteiger partial charge is 0.507 e. The highest BCUT2D eigenvalue weighted by Crippen LogP contribution is 2.21. The number of phenolic OH excluding ortho intramolecular Hbond substituents is 1. The van der Waals surface area contributed by atoms with Gasteiger partial charge in [0.15, 0.2) is 5.78 Å². The van der Waals surface area contributed by atoms with E-state index in [2.05, 4.69) is 0 Å². The Bertz CT molecular complexity index is 645. The van der Waals surface area contributed by atoms with Crippen LogP contribution in [-0.4, -0.2) is 16.8 Å². The lowest BCUT2D eigenvalue weighted by Gasteiger charge is -2.05. The molecule has 0 radical (unpaired) electrons. The van der Waals surface area contributed by atoms with Crippen molar-refractivity contribution in [2.45, 2.75) is 6.92 Å². The van der Waals surface area contributed by atoms with E-state index >= 15 is 0 Å². The summed E-state index contributed by atoms with van der Waals surface area (Å²) in [6.07, 6.45) is 0. The van der Waals surface area contributed by atoms with Gasteiger partial charge in [0.2, 0.25) is 5.91 Å². The van der Waals surface area contributed by atoms with Crippen LogP contribution in [-0.2, 0) is 0 Å². The second kappa shape index (κ2) is 4.94. The lowest BCUT2D eigenvalue weighted by atomic mass is 9.99. The maximum atomic E-state index is 12.2. The van der Waals surface area contributed by atoms with E-state index in [-0.39, 0.29) is 17.1 Å². The van der Waals surface area contributed by atoms with Gasteiger partial charge in [0, 0.05) is 11.1 Å². The van der Waals surface area contributed by atoms with Gasteiger partial charge in [-0.05, 0) is 31.2 Å². The zero-order chi connectivity index (χ0) is 14.0. The first kappa shape index (κ1) is 12.8. The summed E-state index contributed by atoms with van der Waals surface area (Å²) in [5.74, 6) is -0.899. The maximum absolute atomic E-state index is 12.2. The van der Waals surface area contributed by atoms with Gasteiger partial charge in [-0.2, -0.15) is 0 Å². The van der Waals surface area contributed by atoms with Crippen molar-refractivity contribution in [1.82, 2.24) is 0 Å². The lowest BCUT2D eigenvalue weighted by molar-refractivity contribution is 0.0996. The van der Waals surface area contributed by atoms with Crippen LogP contribution in [0.3, 0.4) is 0 Å². The Morgan fingerprint density at radius 2 is 1.58 bits per heavy atom. The molecule has 0 aliphatic carbocycles. The minimum atomic E-state index is -0.544. The molecule has 4 heteroatoms. The number of aryl methyl sites for hydroxylation is 1. The Morgan fingerprint density at radius 1 is 1.00 bits per heavy atom. The van der Waals surface area contributed by atoms with Crippen molar-refractivity contribution >= 4 is 11.7 Å². The smallest absolute Gasteiger partial charge is 0.248 e. The Hall–Kier alpha value is -2.62. The Balaban J connectivity index is 2.38. The SMILES string of the molecule is Cc1ccc(O)c(C(=O)c2ccc(C(N)=O)cc2)c1. The van der Waals surface area contributed by atoms with Crippen LogP contribution in [0, 0.1) is 6.92 Å². The minimum Gasteiger partial charge on any atom is -0.507 e. The number of benzene rings is 2. The van der Waals surface area contributed by atoms with Crippen molar-refractivity contribution < 1.29 is 14.7 Å². The number of hydrogen-bond donors (Lipinski definition) is 2. The topological polar surface area (TPSA) is 80.4 Å². The number of carbonyl (C=O) groups excluding carboxylic acids is 2. The van der Waals surface area contributed by atoms with Gasteiger partial charge in [-0.15, -0.1) is 0 Å². The monoisotopic (exact) mass is 255 g/mol. The predicted octanol–water partition coefficient (Wildman–Crippen LogP) is 2.03. The Morgan fingerprint density at radius 3 is 2.16 bits per heavy atom. The van der Waals surface area contributed by atoms with Crippen molar-refractivity contribution in [2.24, 2.45) is 5.73 Å². The van der Waals surface area contributed by atoms with Gasteiger partial charge in [0.05, 0.1) is 5.56 Å². The fraction of sp³-hybridized carbons (Fsp3) is 0.0667. The molecule has 0 aromatic heterocycles. The van der Waals surface area contributed by atoms with Crippen LogP contribution in [0.25, 0.3) is 0 Å². The fourth-order valence-corrected chi connectivity index (χ4v) is 1.77. The molecule has 2 aromatic rings. The molecule has 0 heterocycles. The first-order chi connectivity index (χ1) is 8.99. The van der Waals surface area contributed by atoms with Crippen molar-refractivity contribution in [3.05, 3.63) is 64.7 Å². The summed E-state index contributed by atoms with van der Waals surface area (Å²) < 4.78 is 0. The number of rotatable bonds is 3. The molecule has 0 aliphatic rings. The van der Waals surface area contributed by atoms with Crippen LogP contribution in [0.5, 0.6) is 5.75 Å². The number of phenols is 1. The molecule has 0 aliphatic heterocycles. The second-order valence-corrected chi connectivity index (χ2v) is 4.29. The molecule has 2 aromatic carbocycles. The molecule has 0 bridgehead atoms. The minimum absolute atomic E-state index is 0.0606. The zero-order valence-corrected chi connectivity index (χ0v) is 10.4. The van der Waals surface area contributed by atoms with Crippen LogP contribution in [0.1, 0.15) is 31.8 Å². The van der Waals surface area contributed by atoms with Gasteiger partial charge in [0.1, 0.15) is 5.75 Å². The van der Waals surface area contributed by atoms with Crippen LogP contribution in [0.4, 0.5) is 0 Å². The molecule has 2 rings (SSSR count).